The Bertz CT molecular complexity index is 1260. The van der Waals surface area contributed by atoms with Crippen molar-refractivity contribution in [1.29, 1.82) is 0 Å². The van der Waals surface area contributed by atoms with Crippen LogP contribution in [0.1, 0.15) is 16.1 Å². The fourth-order valence-corrected chi connectivity index (χ4v) is 3.94. The number of carbonyl (C=O) groups is 1. The monoisotopic (exact) mass is 413 g/mol. The van der Waals surface area contributed by atoms with Crippen molar-refractivity contribution in [2.45, 2.75) is 6.92 Å². The average Bonchev–Trinajstić information content (AvgIpc) is 3.24. The summed E-state index contributed by atoms with van der Waals surface area (Å²) in [7, 11) is 0. The molecule has 0 atom stereocenters. The number of fused-ring (bicyclic) bond motifs is 1. The maximum Gasteiger partial charge on any atom is 0.271 e. The van der Waals surface area contributed by atoms with E-state index in [4.69, 9.17) is 0 Å². The molecular weight excluding hydrogens is 390 g/mol. The zero-order valence-corrected chi connectivity index (χ0v) is 17.3. The molecular formula is C24H23N5O2. The summed E-state index contributed by atoms with van der Waals surface area (Å²) in [4.78, 5) is 32.5. The number of rotatable bonds is 3. The van der Waals surface area contributed by atoms with Gasteiger partial charge in [0, 0.05) is 43.1 Å². The molecule has 0 bridgehead atoms. The van der Waals surface area contributed by atoms with Gasteiger partial charge >= 0.3 is 0 Å². The van der Waals surface area contributed by atoms with E-state index < -0.39 is 0 Å². The summed E-state index contributed by atoms with van der Waals surface area (Å²) < 4.78 is 1.43. The maximum absolute atomic E-state index is 12.9. The number of H-pyrrole nitrogens is 1. The lowest BCUT2D eigenvalue weighted by Gasteiger charge is -2.35. The van der Waals surface area contributed by atoms with Crippen LogP contribution in [0.5, 0.6) is 0 Å². The van der Waals surface area contributed by atoms with Crippen LogP contribution >= 0.6 is 0 Å². The molecule has 0 saturated carbocycles. The molecule has 1 fully saturated rings. The number of benzene rings is 2. The van der Waals surface area contributed by atoms with Crippen molar-refractivity contribution in [2.75, 3.05) is 31.1 Å². The van der Waals surface area contributed by atoms with Crippen molar-refractivity contribution >= 4 is 22.6 Å². The summed E-state index contributed by atoms with van der Waals surface area (Å²) in [5.41, 5.74) is 3.28. The van der Waals surface area contributed by atoms with Crippen LogP contribution in [0, 0.1) is 6.92 Å². The van der Waals surface area contributed by atoms with E-state index in [2.05, 4.69) is 15.0 Å². The first-order chi connectivity index (χ1) is 15.1. The number of piperazine rings is 1. The molecule has 1 amide bonds. The number of aryl methyl sites for hydroxylation is 1. The van der Waals surface area contributed by atoms with Gasteiger partial charge in [0.2, 0.25) is 0 Å². The number of hydrogen-bond acceptors (Lipinski definition) is 4. The summed E-state index contributed by atoms with van der Waals surface area (Å²) >= 11 is 0. The highest BCUT2D eigenvalue weighted by Gasteiger charge is 2.24. The van der Waals surface area contributed by atoms with Crippen LogP contribution in [-0.4, -0.2) is 51.8 Å². The third kappa shape index (κ3) is 3.70. The Hall–Kier alpha value is -3.87. The number of nitrogens with one attached hydrogen (secondary N) is 1. The second kappa shape index (κ2) is 7.75. The Morgan fingerprint density at radius 2 is 1.68 bits per heavy atom. The molecule has 1 N–H and O–H groups in total. The molecule has 7 nitrogen and oxygen atoms in total. The van der Waals surface area contributed by atoms with Crippen LogP contribution in [0.2, 0.25) is 0 Å². The Morgan fingerprint density at radius 3 is 2.42 bits per heavy atom. The average molecular weight is 413 g/mol. The third-order valence-corrected chi connectivity index (χ3v) is 5.72. The van der Waals surface area contributed by atoms with Gasteiger partial charge in [-0.25, -0.2) is 0 Å². The van der Waals surface area contributed by atoms with Gasteiger partial charge in [-0.05, 0) is 37.3 Å². The number of aromatic amines is 1. The second-order valence-corrected chi connectivity index (χ2v) is 7.83. The Labute approximate surface area is 179 Å². The molecule has 3 heterocycles. The normalized spacial score (nSPS) is 14.2. The van der Waals surface area contributed by atoms with E-state index in [1.165, 1.54) is 4.68 Å². The number of carbonyl (C=O) groups excluding carboxylic acids is 1. The number of hydrogen-bond donors (Lipinski definition) is 1. The highest BCUT2D eigenvalue weighted by atomic mass is 16.2. The molecule has 0 spiro atoms. The molecule has 2 aromatic heterocycles. The third-order valence-electron chi connectivity index (χ3n) is 5.72. The van der Waals surface area contributed by atoms with E-state index in [-0.39, 0.29) is 11.5 Å². The van der Waals surface area contributed by atoms with Crippen LogP contribution in [0.25, 0.3) is 16.6 Å². The van der Waals surface area contributed by atoms with Crippen molar-refractivity contribution in [2.24, 2.45) is 0 Å². The summed E-state index contributed by atoms with van der Waals surface area (Å²) in [6.07, 6.45) is 0. The van der Waals surface area contributed by atoms with E-state index >= 15 is 0 Å². The fraction of sp³-hybridized carbons (Fsp3) is 0.208. The lowest BCUT2D eigenvalue weighted by molar-refractivity contribution is 0.0741. The number of para-hydroxylation sites is 1. The standard InChI is InChI=1S/C24H23N5O2/c1-17-6-8-19(9-7-17)29-23(30)11-10-22(26-29)27-12-14-28(15-13-27)24(31)21-16-18-4-2-3-5-20(18)25-21/h2-11,16,25H,12-15H2,1H3. The summed E-state index contributed by atoms with van der Waals surface area (Å²) in [5, 5.41) is 5.61. The minimum absolute atomic E-state index is 0.00781. The van der Waals surface area contributed by atoms with Gasteiger partial charge in [0.15, 0.2) is 0 Å². The van der Waals surface area contributed by atoms with Crippen LogP contribution in [0.3, 0.4) is 0 Å². The van der Waals surface area contributed by atoms with E-state index in [9.17, 15) is 9.59 Å². The smallest absolute Gasteiger partial charge is 0.271 e. The Kier molecular flexibility index (Phi) is 4.78. The van der Waals surface area contributed by atoms with Gasteiger partial charge in [-0.1, -0.05) is 35.9 Å². The quantitative estimate of drug-likeness (QED) is 0.560. The SMILES string of the molecule is Cc1ccc(-n2nc(N3CCN(C(=O)c4cc5ccccc5[nH]4)CC3)ccc2=O)cc1. The van der Waals surface area contributed by atoms with Gasteiger partial charge < -0.3 is 14.8 Å². The van der Waals surface area contributed by atoms with Gasteiger partial charge in [-0.3, -0.25) is 9.59 Å². The highest BCUT2D eigenvalue weighted by molar-refractivity contribution is 5.98. The van der Waals surface area contributed by atoms with E-state index in [0.717, 1.165) is 28.0 Å². The minimum atomic E-state index is -0.166. The van der Waals surface area contributed by atoms with E-state index in [0.29, 0.717) is 31.9 Å². The lowest BCUT2D eigenvalue weighted by Crippen LogP contribution is -2.49. The van der Waals surface area contributed by atoms with Gasteiger partial charge in [-0.2, -0.15) is 4.68 Å². The molecule has 31 heavy (non-hydrogen) atoms. The molecule has 2 aromatic carbocycles. The van der Waals surface area contributed by atoms with Crippen molar-refractivity contribution in [3.8, 4) is 5.69 Å². The molecule has 1 aliphatic rings. The van der Waals surface area contributed by atoms with Crippen molar-refractivity contribution in [3.05, 3.63) is 88.3 Å². The Morgan fingerprint density at radius 1 is 0.935 bits per heavy atom. The molecule has 1 saturated heterocycles. The lowest BCUT2D eigenvalue weighted by atomic mass is 10.2. The number of anilines is 1. The molecule has 0 aliphatic carbocycles. The van der Waals surface area contributed by atoms with Crippen LogP contribution in [0.4, 0.5) is 5.82 Å². The zero-order valence-electron chi connectivity index (χ0n) is 17.3. The zero-order chi connectivity index (χ0) is 21.4. The Balaban J connectivity index is 1.31. The molecule has 4 aromatic rings. The molecule has 0 unspecified atom stereocenters. The molecule has 7 heteroatoms. The van der Waals surface area contributed by atoms with Gasteiger partial charge in [-0.15, -0.1) is 5.10 Å². The van der Waals surface area contributed by atoms with Crippen LogP contribution < -0.4 is 10.5 Å². The van der Waals surface area contributed by atoms with Gasteiger partial charge in [0.05, 0.1) is 5.69 Å². The van der Waals surface area contributed by atoms with Gasteiger partial charge in [0.1, 0.15) is 11.5 Å². The number of aromatic nitrogens is 3. The largest absolute Gasteiger partial charge is 0.352 e. The molecule has 1 aliphatic heterocycles. The van der Waals surface area contributed by atoms with Crippen molar-refractivity contribution < 1.29 is 4.79 Å². The van der Waals surface area contributed by atoms with E-state index in [1.54, 1.807) is 12.1 Å². The molecule has 5 rings (SSSR count). The summed E-state index contributed by atoms with van der Waals surface area (Å²) in [6.45, 7) is 4.52. The highest BCUT2D eigenvalue weighted by Crippen LogP contribution is 2.18. The van der Waals surface area contributed by atoms with Crippen LogP contribution in [0.15, 0.2) is 71.5 Å². The first-order valence-electron chi connectivity index (χ1n) is 10.4. The predicted molar refractivity (Wildman–Crippen MR) is 121 cm³/mol. The first-order valence-corrected chi connectivity index (χ1v) is 10.4. The second-order valence-electron chi connectivity index (χ2n) is 7.83. The van der Waals surface area contributed by atoms with E-state index in [1.807, 2.05) is 66.4 Å². The minimum Gasteiger partial charge on any atom is -0.352 e. The number of nitrogens with zero attached hydrogens (tertiary/aromatic N) is 4. The topological polar surface area (TPSA) is 74.2 Å². The van der Waals surface area contributed by atoms with Gasteiger partial charge in [0.25, 0.3) is 11.5 Å². The number of amides is 1. The first kappa shape index (κ1) is 19.1. The summed E-state index contributed by atoms with van der Waals surface area (Å²) in [6, 6.07) is 20.8. The maximum atomic E-state index is 12.9. The summed E-state index contributed by atoms with van der Waals surface area (Å²) in [5.74, 6) is 0.742. The van der Waals surface area contributed by atoms with Crippen LogP contribution in [-0.2, 0) is 0 Å². The molecule has 0 radical (unpaired) electrons. The molecule has 156 valence electrons. The van der Waals surface area contributed by atoms with Crippen molar-refractivity contribution in [1.82, 2.24) is 19.7 Å². The predicted octanol–water partition coefficient (Wildman–Crippen LogP) is 2.98. The van der Waals surface area contributed by atoms with Crippen molar-refractivity contribution in [3.63, 3.8) is 0 Å². The fourth-order valence-electron chi connectivity index (χ4n) is 3.94.